The number of aliphatic hydroxyl groups excluding tert-OH is 2. The molecule has 0 fully saturated rings. The van der Waals surface area contributed by atoms with Crippen LogP contribution < -0.4 is 5.73 Å². The van der Waals surface area contributed by atoms with Crippen molar-refractivity contribution in [1.82, 2.24) is 4.90 Å². The van der Waals surface area contributed by atoms with E-state index in [1.165, 1.54) is 0 Å². The number of hydrogen-bond acceptors (Lipinski definition) is 6. The summed E-state index contributed by atoms with van der Waals surface area (Å²) in [6, 6.07) is 26.7. The summed E-state index contributed by atoms with van der Waals surface area (Å²) in [5, 5.41) is 37.3. The average Bonchev–Trinajstić information content (AvgIpc) is 2.95. The van der Waals surface area contributed by atoms with Crippen molar-refractivity contribution in [3.8, 4) is 0 Å². The van der Waals surface area contributed by atoms with E-state index in [1.54, 1.807) is 12.1 Å². The molecule has 3 atom stereocenters. The maximum atomic E-state index is 11.3. The highest BCUT2D eigenvalue weighted by Gasteiger charge is 2.22. The van der Waals surface area contributed by atoms with E-state index in [0.717, 1.165) is 29.5 Å². The summed E-state index contributed by atoms with van der Waals surface area (Å²) in [6.45, 7) is 2.97. The third-order valence-electron chi connectivity index (χ3n) is 6.26. The van der Waals surface area contributed by atoms with Crippen molar-refractivity contribution in [2.75, 3.05) is 13.1 Å². The highest BCUT2D eigenvalue weighted by atomic mass is 16.4. The molecule has 0 spiro atoms. The van der Waals surface area contributed by atoms with E-state index in [9.17, 15) is 24.6 Å². The van der Waals surface area contributed by atoms with Gasteiger partial charge < -0.3 is 26.2 Å². The fourth-order valence-corrected chi connectivity index (χ4v) is 3.98. The molecule has 0 heterocycles. The first-order chi connectivity index (χ1) is 19.1. The molecular formula is C31H36N2O7. The van der Waals surface area contributed by atoms with Gasteiger partial charge >= 0.3 is 11.9 Å². The minimum absolute atomic E-state index is 0.127. The van der Waals surface area contributed by atoms with E-state index in [0.29, 0.717) is 30.8 Å². The zero-order valence-corrected chi connectivity index (χ0v) is 22.3. The molecule has 9 nitrogen and oxygen atoms in total. The summed E-state index contributed by atoms with van der Waals surface area (Å²) in [6.07, 6.45) is 1.50. The fourth-order valence-electron chi connectivity index (χ4n) is 3.98. The van der Waals surface area contributed by atoms with Gasteiger partial charge in [-0.1, -0.05) is 72.8 Å². The van der Waals surface area contributed by atoms with Crippen molar-refractivity contribution in [3.05, 3.63) is 119 Å². The van der Waals surface area contributed by atoms with Gasteiger partial charge in [-0.05, 0) is 48.6 Å². The summed E-state index contributed by atoms with van der Waals surface area (Å²) < 4.78 is 0. The monoisotopic (exact) mass is 548 g/mol. The summed E-state index contributed by atoms with van der Waals surface area (Å²) in [5.74, 6) is -2.94. The molecule has 3 aromatic rings. The number of amides is 1. The molecule has 0 aliphatic heterocycles. The molecule has 3 aromatic carbocycles. The summed E-state index contributed by atoms with van der Waals surface area (Å²) in [4.78, 5) is 32.5. The molecule has 9 heteroatoms. The van der Waals surface area contributed by atoms with Crippen LogP contribution in [0.5, 0.6) is 0 Å². The van der Waals surface area contributed by atoms with Crippen LogP contribution >= 0.6 is 0 Å². The van der Waals surface area contributed by atoms with Crippen LogP contribution in [0.15, 0.2) is 97.1 Å². The lowest BCUT2D eigenvalue weighted by molar-refractivity contribution is -0.134. The number of carboxylic acid groups (broad SMARTS) is 2. The van der Waals surface area contributed by atoms with Gasteiger partial charge in [0.15, 0.2) is 0 Å². The molecule has 0 radical (unpaired) electrons. The second-order valence-corrected chi connectivity index (χ2v) is 9.27. The Bertz CT molecular complexity index is 1170. The summed E-state index contributed by atoms with van der Waals surface area (Å²) in [7, 11) is 0. The maximum absolute atomic E-state index is 11.3. The molecule has 0 aliphatic rings. The van der Waals surface area contributed by atoms with Crippen LogP contribution in [0.4, 0.5) is 0 Å². The van der Waals surface area contributed by atoms with Gasteiger partial charge in [-0.25, -0.2) is 9.59 Å². The topological polar surface area (TPSA) is 161 Å². The van der Waals surface area contributed by atoms with E-state index >= 15 is 0 Å². The second kappa shape index (κ2) is 16.6. The quantitative estimate of drug-likeness (QED) is 0.203. The van der Waals surface area contributed by atoms with E-state index < -0.39 is 30.1 Å². The van der Waals surface area contributed by atoms with Crippen LogP contribution in [-0.4, -0.2) is 62.3 Å². The lowest BCUT2D eigenvalue weighted by Gasteiger charge is -2.33. The van der Waals surface area contributed by atoms with Crippen molar-refractivity contribution < 1.29 is 34.8 Å². The molecule has 1 amide bonds. The number of carboxylic acids is 2. The SMILES string of the molecule is C[C@H](CCc1ccc(C(N)=O)cc1)N(C[C@H](O)c1ccccc1)C[C@H](O)c1ccccc1.O=C(O)/C=C\C(=O)O. The predicted octanol–water partition coefficient (Wildman–Crippen LogP) is 3.59. The number of nitrogens with zero attached hydrogens (tertiary/aromatic N) is 1. The summed E-state index contributed by atoms with van der Waals surface area (Å²) in [5.41, 5.74) is 8.67. The lowest BCUT2D eigenvalue weighted by atomic mass is 10.0. The van der Waals surface area contributed by atoms with Crippen LogP contribution in [0.3, 0.4) is 0 Å². The predicted molar refractivity (Wildman–Crippen MR) is 152 cm³/mol. The van der Waals surface area contributed by atoms with Gasteiger partial charge in [-0.3, -0.25) is 9.69 Å². The number of hydrogen-bond donors (Lipinski definition) is 5. The average molecular weight is 549 g/mol. The Morgan fingerprint density at radius 2 is 1.18 bits per heavy atom. The van der Waals surface area contributed by atoms with Gasteiger partial charge in [0.05, 0.1) is 12.2 Å². The Labute approximate surface area is 233 Å². The zero-order chi connectivity index (χ0) is 29.5. The number of aryl methyl sites for hydroxylation is 1. The largest absolute Gasteiger partial charge is 0.478 e. The van der Waals surface area contributed by atoms with Crippen molar-refractivity contribution >= 4 is 17.8 Å². The summed E-state index contributed by atoms with van der Waals surface area (Å²) >= 11 is 0. The minimum atomic E-state index is -1.26. The highest BCUT2D eigenvalue weighted by molar-refractivity contribution is 5.92. The van der Waals surface area contributed by atoms with Crippen LogP contribution in [0.25, 0.3) is 0 Å². The molecular weight excluding hydrogens is 512 g/mol. The van der Waals surface area contributed by atoms with Gasteiger partial charge in [0.25, 0.3) is 0 Å². The molecule has 40 heavy (non-hydrogen) atoms. The molecule has 0 unspecified atom stereocenters. The molecule has 0 aliphatic carbocycles. The molecule has 6 N–H and O–H groups in total. The number of carbonyl (C=O) groups excluding carboxylic acids is 1. The Morgan fingerprint density at radius 3 is 1.55 bits per heavy atom. The van der Waals surface area contributed by atoms with Crippen molar-refractivity contribution in [1.29, 1.82) is 0 Å². The van der Waals surface area contributed by atoms with E-state index in [-0.39, 0.29) is 6.04 Å². The number of carbonyl (C=O) groups is 3. The number of benzene rings is 3. The minimum Gasteiger partial charge on any atom is -0.478 e. The Balaban J connectivity index is 0.000000611. The molecule has 0 saturated heterocycles. The normalized spacial score (nSPS) is 13.2. The number of nitrogens with two attached hydrogens (primary N) is 1. The fraction of sp³-hybridized carbons (Fsp3) is 0.258. The van der Waals surface area contributed by atoms with Gasteiger partial charge in [-0.2, -0.15) is 0 Å². The van der Waals surface area contributed by atoms with Crippen molar-refractivity contribution in [2.45, 2.75) is 38.0 Å². The van der Waals surface area contributed by atoms with Crippen molar-refractivity contribution in [3.63, 3.8) is 0 Å². The molecule has 0 saturated carbocycles. The first kappa shape index (κ1) is 31.9. The van der Waals surface area contributed by atoms with E-state index in [1.807, 2.05) is 72.8 Å². The number of aliphatic hydroxyl groups is 2. The molecule has 0 aromatic heterocycles. The van der Waals surface area contributed by atoms with Gasteiger partial charge in [0, 0.05) is 36.8 Å². The first-order valence-electron chi connectivity index (χ1n) is 12.8. The van der Waals surface area contributed by atoms with Crippen LogP contribution in [0, 0.1) is 0 Å². The van der Waals surface area contributed by atoms with Gasteiger partial charge in [0.1, 0.15) is 0 Å². The smallest absolute Gasteiger partial charge is 0.328 e. The Morgan fingerprint density at radius 1 is 0.750 bits per heavy atom. The van der Waals surface area contributed by atoms with Crippen molar-refractivity contribution in [2.24, 2.45) is 5.73 Å². The second-order valence-electron chi connectivity index (χ2n) is 9.27. The van der Waals surface area contributed by atoms with Crippen LogP contribution in [0.2, 0.25) is 0 Å². The third-order valence-corrected chi connectivity index (χ3v) is 6.26. The van der Waals surface area contributed by atoms with Gasteiger partial charge in [-0.15, -0.1) is 0 Å². The first-order valence-corrected chi connectivity index (χ1v) is 12.8. The third kappa shape index (κ3) is 11.6. The molecule has 3 rings (SSSR count). The van der Waals surface area contributed by atoms with Gasteiger partial charge in [0.2, 0.25) is 5.91 Å². The van der Waals surface area contributed by atoms with E-state index in [4.69, 9.17) is 15.9 Å². The van der Waals surface area contributed by atoms with Crippen LogP contribution in [0.1, 0.15) is 52.6 Å². The van der Waals surface area contributed by atoms with Crippen LogP contribution in [-0.2, 0) is 16.0 Å². The maximum Gasteiger partial charge on any atom is 0.328 e. The molecule has 0 bridgehead atoms. The number of rotatable bonds is 13. The standard InChI is InChI=1S/C27H32N2O3.C4H4O4/c1-20(12-13-21-14-16-24(17-15-21)27(28)32)29(18-25(30)22-8-4-2-5-9-22)19-26(31)23-10-6-3-7-11-23;5-3(6)1-2-4(7)8/h2-11,14-17,20,25-26,30-31H,12-13,18-19H2,1H3,(H2,28,32);1-2H,(H,5,6)(H,7,8)/b;2-1-/t20-,25+,26+;/m1./s1. The Kier molecular flexibility index (Phi) is 13.2. The molecule has 212 valence electrons. The Hall–Kier alpha value is -4.31. The number of aliphatic carboxylic acids is 2. The van der Waals surface area contributed by atoms with E-state index in [2.05, 4.69) is 11.8 Å². The lowest BCUT2D eigenvalue weighted by Crippen LogP contribution is -2.39. The number of primary amides is 1. The highest BCUT2D eigenvalue weighted by Crippen LogP contribution is 2.22. The zero-order valence-electron chi connectivity index (χ0n) is 22.3.